The molecule has 5 heteroatoms. The summed E-state index contributed by atoms with van der Waals surface area (Å²) in [6, 6.07) is 6.99. The summed E-state index contributed by atoms with van der Waals surface area (Å²) in [5.41, 5.74) is 5.98. The topological polar surface area (TPSA) is 81.4 Å². The normalized spacial score (nSPS) is 10.2. The predicted molar refractivity (Wildman–Crippen MR) is 82.5 cm³/mol. The molecule has 0 saturated carbocycles. The highest BCUT2D eigenvalue weighted by Crippen LogP contribution is 2.13. The summed E-state index contributed by atoms with van der Waals surface area (Å²) in [5.74, 6) is 0.619. The standard InChI is InChI=1S/C16H24N2O3/c1-2-21-14-7-5-13(6-8-14)15(19)9-10-16(20)18-12-4-3-11-17/h5-8H,2-4,9-12,17H2,1H3,(H,18,20). The second-order valence-corrected chi connectivity index (χ2v) is 4.73. The Kier molecular flexibility index (Phi) is 8.12. The first kappa shape index (κ1) is 17.2. The van der Waals surface area contributed by atoms with Gasteiger partial charge in [-0.05, 0) is 50.6 Å². The van der Waals surface area contributed by atoms with Gasteiger partial charge in [-0.1, -0.05) is 0 Å². The largest absolute Gasteiger partial charge is 0.494 e. The van der Waals surface area contributed by atoms with Crippen LogP contribution in [0.15, 0.2) is 24.3 Å². The second kappa shape index (κ2) is 9.94. The monoisotopic (exact) mass is 292 g/mol. The van der Waals surface area contributed by atoms with Gasteiger partial charge in [-0.25, -0.2) is 0 Å². The van der Waals surface area contributed by atoms with E-state index in [0.717, 1.165) is 18.6 Å². The van der Waals surface area contributed by atoms with Crippen LogP contribution in [0.5, 0.6) is 5.75 Å². The molecule has 0 radical (unpaired) electrons. The summed E-state index contributed by atoms with van der Waals surface area (Å²) >= 11 is 0. The van der Waals surface area contributed by atoms with E-state index >= 15 is 0 Å². The average molecular weight is 292 g/mol. The molecule has 0 aliphatic rings. The molecule has 0 unspecified atom stereocenters. The van der Waals surface area contributed by atoms with Crippen LogP contribution in [0, 0.1) is 0 Å². The van der Waals surface area contributed by atoms with Gasteiger partial charge in [0.2, 0.25) is 5.91 Å². The summed E-state index contributed by atoms with van der Waals surface area (Å²) in [4.78, 5) is 23.5. The number of benzene rings is 1. The molecule has 0 aromatic heterocycles. The summed E-state index contributed by atoms with van der Waals surface area (Å²) in [6.07, 6.45) is 2.20. The zero-order valence-corrected chi connectivity index (χ0v) is 12.6. The number of ether oxygens (including phenoxy) is 1. The molecule has 0 fully saturated rings. The lowest BCUT2D eigenvalue weighted by Gasteiger charge is -2.06. The van der Waals surface area contributed by atoms with Gasteiger partial charge >= 0.3 is 0 Å². The van der Waals surface area contributed by atoms with Gasteiger partial charge in [-0.2, -0.15) is 0 Å². The van der Waals surface area contributed by atoms with Crippen LogP contribution in [0.2, 0.25) is 0 Å². The van der Waals surface area contributed by atoms with Gasteiger partial charge in [0, 0.05) is 24.9 Å². The van der Waals surface area contributed by atoms with E-state index < -0.39 is 0 Å². The quantitative estimate of drug-likeness (QED) is 0.510. The predicted octanol–water partition coefficient (Wildman–Crippen LogP) is 1.90. The second-order valence-electron chi connectivity index (χ2n) is 4.73. The lowest BCUT2D eigenvalue weighted by atomic mass is 10.1. The number of hydrogen-bond acceptors (Lipinski definition) is 4. The van der Waals surface area contributed by atoms with Crippen molar-refractivity contribution in [2.45, 2.75) is 32.6 Å². The fourth-order valence-corrected chi connectivity index (χ4v) is 1.86. The van der Waals surface area contributed by atoms with Crippen LogP contribution in [0.25, 0.3) is 0 Å². The van der Waals surface area contributed by atoms with E-state index in [1.807, 2.05) is 6.92 Å². The third-order valence-corrected chi connectivity index (χ3v) is 3.02. The molecule has 1 amide bonds. The Balaban J connectivity index is 2.31. The fourth-order valence-electron chi connectivity index (χ4n) is 1.86. The van der Waals surface area contributed by atoms with E-state index in [4.69, 9.17) is 10.5 Å². The van der Waals surface area contributed by atoms with Crippen molar-refractivity contribution in [3.05, 3.63) is 29.8 Å². The van der Waals surface area contributed by atoms with Crippen LogP contribution < -0.4 is 15.8 Å². The number of nitrogens with two attached hydrogens (primary N) is 1. The number of nitrogens with one attached hydrogen (secondary N) is 1. The molecule has 3 N–H and O–H groups in total. The number of amides is 1. The van der Waals surface area contributed by atoms with Crippen LogP contribution in [-0.2, 0) is 4.79 Å². The highest BCUT2D eigenvalue weighted by molar-refractivity contribution is 5.98. The SMILES string of the molecule is CCOc1ccc(C(=O)CCC(=O)NCCCCN)cc1. The van der Waals surface area contributed by atoms with Crippen molar-refractivity contribution in [2.24, 2.45) is 5.73 Å². The van der Waals surface area contributed by atoms with Crippen molar-refractivity contribution in [3.8, 4) is 5.75 Å². The van der Waals surface area contributed by atoms with Gasteiger partial charge in [-0.3, -0.25) is 9.59 Å². The van der Waals surface area contributed by atoms with Crippen molar-refractivity contribution in [3.63, 3.8) is 0 Å². The number of ketones is 1. The molecule has 0 aliphatic heterocycles. The lowest BCUT2D eigenvalue weighted by Crippen LogP contribution is -2.25. The number of unbranched alkanes of at least 4 members (excludes halogenated alkanes) is 1. The molecule has 0 atom stereocenters. The van der Waals surface area contributed by atoms with Crippen molar-refractivity contribution in [1.29, 1.82) is 0 Å². The Morgan fingerprint density at radius 3 is 2.48 bits per heavy atom. The summed E-state index contributed by atoms with van der Waals surface area (Å²) in [5, 5.41) is 2.78. The molecular weight excluding hydrogens is 268 g/mol. The van der Waals surface area contributed by atoms with Gasteiger partial charge in [0.1, 0.15) is 5.75 Å². The van der Waals surface area contributed by atoms with Crippen LogP contribution in [0.3, 0.4) is 0 Å². The molecule has 0 aliphatic carbocycles. The molecule has 1 aromatic rings. The van der Waals surface area contributed by atoms with E-state index in [9.17, 15) is 9.59 Å². The van der Waals surface area contributed by atoms with Crippen molar-refractivity contribution >= 4 is 11.7 Å². The molecule has 21 heavy (non-hydrogen) atoms. The Morgan fingerprint density at radius 2 is 1.86 bits per heavy atom. The highest BCUT2D eigenvalue weighted by Gasteiger charge is 2.09. The molecule has 1 rings (SSSR count). The third kappa shape index (κ3) is 6.90. The summed E-state index contributed by atoms with van der Waals surface area (Å²) in [6.45, 7) is 3.75. The molecule has 1 aromatic carbocycles. The van der Waals surface area contributed by atoms with E-state index in [1.165, 1.54) is 0 Å². The van der Waals surface area contributed by atoms with Gasteiger partial charge in [0.25, 0.3) is 0 Å². The van der Waals surface area contributed by atoms with Crippen LogP contribution >= 0.6 is 0 Å². The van der Waals surface area contributed by atoms with Gasteiger partial charge in [-0.15, -0.1) is 0 Å². The van der Waals surface area contributed by atoms with E-state index in [2.05, 4.69) is 5.32 Å². The van der Waals surface area contributed by atoms with E-state index in [-0.39, 0.29) is 24.5 Å². The van der Waals surface area contributed by atoms with Gasteiger partial charge in [0.15, 0.2) is 5.78 Å². The van der Waals surface area contributed by atoms with E-state index in [1.54, 1.807) is 24.3 Å². The van der Waals surface area contributed by atoms with Crippen molar-refractivity contribution in [1.82, 2.24) is 5.32 Å². The molecule has 116 valence electrons. The smallest absolute Gasteiger partial charge is 0.220 e. The zero-order valence-electron chi connectivity index (χ0n) is 12.6. The number of hydrogen-bond donors (Lipinski definition) is 2. The maximum absolute atomic E-state index is 12.0. The van der Waals surface area contributed by atoms with Gasteiger partial charge < -0.3 is 15.8 Å². The Bertz CT molecular complexity index is 443. The third-order valence-electron chi connectivity index (χ3n) is 3.02. The number of carbonyl (C=O) groups is 2. The first-order valence-electron chi connectivity index (χ1n) is 7.40. The molecule has 0 bridgehead atoms. The molecule has 0 spiro atoms. The Hall–Kier alpha value is -1.88. The first-order chi connectivity index (χ1) is 10.2. The zero-order chi connectivity index (χ0) is 15.5. The molecule has 0 saturated heterocycles. The summed E-state index contributed by atoms with van der Waals surface area (Å²) in [7, 11) is 0. The minimum Gasteiger partial charge on any atom is -0.494 e. The number of Topliss-reactive ketones (excluding diaryl/α,β-unsaturated/α-hetero) is 1. The van der Waals surface area contributed by atoms with Crippen LogP contribution in [0.1, 0.15) is 43.0 Å². The molecular formula is C16H24N2O3. The van der Waals surface area contributed by atoms with Crippen molar-refractivity contribution in [2.75, 3.05) is 19.7 Å². The maximum atomic E-state index is 12.0. The van der Waals surface area contributed by atoms with E-state index in [0.29, 0.717) is 25.3 Å². The average Bonchev–Trinajstić information content (AvgIpc) is 2.50. The first-order valence-corrected chi connectivity index (χ1v) is 7.40. The number of carbonyl (C=O) groups excluding carboxylic acids is 2. The van der Waals surface area contributed by atoms with Gasteiger partial charge in [0.05, 0.1) is 6.61 Å². The van der Waals surface area contributed by atoms with Crippen LogP contribution in [0.4, 0.5) is 0 Å². The minimum absolute atomic E-state index is 0.0323. The minimum atomic E-state index is -0.0914. The lowest BCUT2D eigenvalue weighted by molar-refractivity contribution is -0.121. The molecule has 5 nitrogen and oxygen atoms in total. The highest BCUT2D eigenvalue weighted by atomic mass is 16.5. The fraction of sp³-hybridized carbons (Fsp3) is 0.500. The maximum Gasteiger partial charge on any atom is 0.220 e. The Morgan fingerprint density at radius 1 is 1.14 bits per heavy atom. The van der Waals surface area contributed by atoms with Crippen molar-refractivity contribution < 1.29 is 14.3 Å². The van der Waals surface area contributed by atoms with Crippen LogP contribution in [-0.4, -0.2) is 31.4 Å². The summed E-state index contributed by atoms with van der Waals surface area (Å²) < 4.78 is 5.32. The molecule has 0 heterocycles. The Labute approximate surface area is 125 Å². The number of rotatable bonds is 10.